The van der Waals surface area contributed by atoms with E-state index in [1.165, 1.54) is 6.42 Å². The summed E-state index contributed by atoms with van der Waals surface area (Å²) in [5.74, 6) is -0.416. The molecule has 0 aliphatic rings. The molecule has 0 spiro atoms. The maximum absolute atomic E-state index is 13.4. The molecule has 3 atom stereocenters. The van der Waals surface area contributed by atoms with Crippen molar-refractivity contribution in [2.45, 2.75) is 89.8 Å². The minimum Gasteiger partial charge on any atom is -0.386 e. The van der Waals surface area contributed by atoms with Crippen LogP contribution in [0.5, 0.6) is 0 Å². The van der Waals surface area contributed by atoms with Crippen LogP contribution < -0.4 is 10.0 Å². The Hall–Kier alpha value is -2.22. The standard InChI is InChI=1S/C28H42N2O4S/c1-3-5-7-8-9-16-21-25(30-35(33,34)22-6-4-2)28(32)29-26(23-17-12-10-13-18-23)27(31)24-19-14-11-15-20-24/h10-15,17-20,25-27,30-31H,3-9,16,21-22H2,1-2H3,(H,29,32)/t25?,26-,27+/m0/s1. The van der Waals surface area contributed by atoms with Crippen LogP contribution in [0.15, 0.2) is 60.7 Å². The predicted octanol–water partition coefficient (Wildman–Crippen LogP) is 5.42. The van der Waals surface area contributed by atoms with E-state index in [4.69, 9.17) is 0 Å². The number of carbonyl (C=O) groups excluding carboxylic acids is 1. The van der Waals surface area contributed by atoms with Crippen LogP contribution in [0.3, 0.4) is 0 Å². The lowest BCUT2D eigenvalue weighted by Gasteiger charge is -2.27. The van der Waals surface area contributed by atoms with Crippen molar-refractivity contribution in [1.82, 2.24) is 10.0 Å². The van der Waals surface area contributed by atoms with E-state index in [2.05, 4.69) is 17.0 Å². The fourth-order valence-corrected chi connectivity index (χ4v) is 5.53. The second-order valence-electron chi connectivity index (χ2n) is 9.15. The summed E-state index contributed by atoms with van der Waals surface area (Å²) in [4.78, 5) is 13.4. The lowest BCUT2D eigenvalue weighted by Crippen LogP contribution is -2.49. The fraction of sp³-hybridized carbons (Fsp3) is 0.536. The summed E-state index contributed by atoms with van der Waals surface area (Å²) in [6.45, 7) is 4.10. The minimum atomic E-state index is -3.59. The zero-order chi connectivity index (χ0) is 25.5. The summed E-state index contributed by atoms with van der Waals surface area (Å²) >= 11 is 0. The number of nitrogens with one attached hydrogen (secondary N) is 2. The normalized spacial score (nSPS) is 14.3. The molecule has 1 amide bonds. The maximum Gasteiger partial charge on any atom is 0.238 e. The second-order valence-corrected chi connectivity index (χ2v) is 11.0. The highest BCUT2D eigenvalue weighted by Crippen LogP contribution is 2.29. The average Bonchev–Trinajstić information content (AvgIpc) is 2.87. The van der Waals surface area contributed by atoms with Crippen LogP contribution >= 0.6 is 0 Å². The molecule has 6 nitrogen and oxygen atoms in total. The Morgan fingerprint density at radius 3 is 1.94 bits per heavy atom. The number of aliphatic hydroxyl groups is 1. The lowest BCUT2D eigenvalue weighted by molar-refractivity contribution is -0.124. The molecule has 0 fully saturated rings. The molecule has 7 heteroatoms. The van der Waals surface area contributed by atoms with Gasteiger partial charge in [0.25, 0.3) is 0 Å². The first-order valence-electron chi connectivity index (χ1n) is 13.0. The zero-order valence-electron chi connectivity index (χ0n) is 21.2. The number of sulfonamides is 1. The van der Waals surface area contributed by atoms with E-state index in [9.17, 15) is 18.3 Å². The van der Waals surface area contributed by atoms with Gasteiger partial charge in [0.05, 0.1) is 11.8 Å². The molecule has 0 saturated heterocycles. The van der Waals surface area contributed by atoms with Crippen molar-refractivity contribution in [3.8, 4) is 0 Å². The van der Waals surface area contributed by atoms with Gasteiger partial charge >= 0.3 is 0 Å². The van der Waals surface area contributed by atoms with Gasteiger partial charge in [0, 0.05) is 0 Å². The number of unbranched alkanes of at least 4 members (excludes halogenated alkanes) is 6. The SMILES string of the molecule is CCCCCCCCC(NS(=O)(=O)CCCC)C(=O)N[C@@H](c1ccccc1)[C@H](O)c1ccccc1. The molecular formula is C28H42N2O4S. The van der Waals surface area contributed by atoms with Gasteiger partial charge in [-0.05, 0) is 24.0 Å². The van der Waals surface area contributed by atoms with E-state index < -0.39 is 34.1 Å². The van der Waals surface area contributed by atoms with Gasteiger partial charge in [-0.15, -0.1) is 0 Å². The third-order valence-electron chi connectivity index (χ3n) is 6.16. The van der Waals surface area contributed by atoms with Gasteiger partial charge in [-0.2, -0.15) is 0 Å². The summed E-state index contributed by atoms with van der Waals surface area (Å²) in [6, 6.07) is 16.9. The third-order valence-corrected chi connectivity index (χ3v) is 7.63. The van der Waals surface area contributed by atoms with Crippen LogP contribution in [0.1, 0.15) is 94.9 Å². The Morgan fingerprint density at radius 1 is 0.800 bits per heavy atom. The van der Waals surface area contributed by atoms with E-state index in [1.807, 2.05) is 67.6 Å². The van der Waals surface area contributed by atoms with Gasteiger partial charge in [-0.1, -0.05) is 119 Å². The maximum atomic E-state index is 13.4. The molecule has 0 radical (unpaired) electrons. The van der Waals surface area contributed by atoms with E-state index in [-0.39, 0.29) is 5.75 Å². The van der Waals surface area contributed by atoms with Crippen LogP contribution in [0, 0.1) is 0 Å². The van der Waals surface area contributed by atoms with Crippen molar-refractivity contribution in [3.05, 3.63) is 71.8 Å². The van der Waals surface area contributed by atoms with Crippen molar-refractivity contribution in [3.63, 3.8) is 0 Å². The highest BCUT2D eigenvalue weighted by molar-refractivity contribution is 7.89. The molecule has 2 rings (SSSR count). The second kappa shape index (κ2) is 15.7. The molecule has 35 heavy (non-hydrogen) atoms. The smallest absolute Gasteiger partial charge is 0.238 e. The molecule has 2 aromatic rings. The van der Waals surface area contributed by atoms with Crippen LogP contribution in [-0.2, 0) is 14.8 Å². The number of hydrogen-bond donors (Lipinski definition) is 3. The largest absolute Gasteiger partial charge is 0.386 e. The average molecular weight is 503 g/mol. The van der Waals surface area contributed by atoms with E-state index in [0.29, 0.717) is 18.4 Å². The number of benzene rings is 2. The van der Waals surface area contributed by atoms with Gasteiger partial charge in [0.1, 0.15) is 12.1 Å². The van der Waals surface area contributed by atoms with Crippen LogP contribution in [-0.4, -0.2) is 31.2 Å². The summed E-state index contributed by atoms with van der Waals surface area (Å²) in [6.07, 6.45) is 7.02. The topological polar surface area (TPSA) is 95.5 Å². The molecule has 0 saturated carbocycles. The highest BCUT2D eigenvalue weighted by atomic mass is 32.2. The van der Waals surface area contributed by atoms with Crippen molar-refractivity contribution >= 4 is 15.9 Å². The van der Waals surface area contributed by atoms with Crippen molar-refractivity contribution in [2.24, 2.45) is 0 Å². The molecule has 0 bridgehead atoms. The zero-order valence-corrected chi connectivity index (χ0v) is 22.0. The first kappa shape index (κ1) is 29.0. The monoisotopic (exact) mass is 502 g/mol. The number of hydrogen-bond acceptors (Lipinski definition) is 4. The summed E-state index contributed by atoms with van der Waals surface area (Å²) in [5, 5.41) is 14.1. The number of amides is 1. The number of rotatable bonds is 17. The first-order chi connectivity index (χ1) is 16.9. The van der Waals surface area contributed by atoms with Crippen molar-refractivity contribution < 1.29 is 18.3 Å². The Labute approximate surface area is 211 Å². The molecule has 0 aliphatic carbocycles. The Kier molecular flexibility index (Phi) is 13.0. The van der Waals surface area contributed by atoms with Crippen molar-refractivity contribution in [1.29, 1.82) is 0 Å². The van der Waals surface area contributed by atoms with Crippen LogP contribution in [0.4, 0.5) is 0 Å². The minimum absolute atomic E-state index is 0.00145. The molecule has 3 N–H and O–H groups in total. The molecule has 2 aromatic carbocycles. The van der Waals surface area contributed by atoms with Gasteiger partial charge in [-0.25, -0.2) is 13.1 Å². The summed E-state index contributed by atoms with van der Waals surface area (Å²) in [7, 11) is -3.59. The Morgan fingerprint density at radius 2 is 1.34 bits per heavy atom. The number of carbonyl (C=O) groups is 1. The van der Waals surface area contributed by atoms with Gasteiger partial charge in [-0.3, -0.25) is 4.79 Å². The highest BCUT2D eigenvalue weighted by Gasteiger charge is 2.30. The summed E-state index contributed by atoms with van der Waals surface area (Å²) in [5.41, 5.74) is 1.43. The quantitative estimate of drug-likeness (QED) is 0.252. The summed E-state index contributed by atoms with van der Waals surface area (Å²) < 4.78 is 27.9. The molecule has 0 aromatic heterocycles. The predicted molar refractivity (Wildman–Crippen MR) is 142 cm³/mol. The molecule has 0 aliphatic heterocycles. The van der Waals surface area contributed by atoms with Crippen molar-refractivity contribution in [2.75, 3.05) is 5.75 Å². The van der Waals surface area contributed by atoms with E-state index in [1.54, 1.807) is 0 Å². The van der Waals surface area contributed by atoms with Crippen LogP contribution in [0.2, 0.25) is 0 Å². The number of aliphatic hydroxyl groups excluding tert-OH is 1. The Balaban J connectivity index is 2.19. The fourth-order valence-electron chi connectivity index (χ4n) is 4.08. The van der Waals surface area contributed by atoms with Gasteiger partial charge in [0.2, 0.25) is 15.9 Å². The van der Waals surface area contributed by atoms with Crippen LogP contribution in [0.25, 0.3) is 0 Å². The Bertz CT molecular complexity index is 951. The van der Waals surface area contributed by atoms with E-state index >= 15 is 0 Å². The van der Waals surface area contributed by atoms with Gasteiger partial charge in [0.15, 0.2) is 0 Å². The molecule has 194 valence electrons. The third kappa shape index (κ3) is 10.5. The van der Waals surface area contributed by atoms with E-state index in [0.717, 1.165) is 44.1 Å². The lowest BCUT2D eigenvalue weighted by atomic mass is 9.95. The van der Waals surface area contributed by atoms with Gasteiger partial charge < -0.3 is 10.4 Å². The molecule has 0 heterocycles. The molecule has 1 unspecified atom stereocenters. The molecular weight excluding hydrogens is 460 g/mol. The first-order valence-corrected chi connectivity index (χ1v) is 14.6.